The summed E-state index contributed by atoms with van der Waals surface area (Å²) in [6.45, 7) is 1.72. The van der Waals surface area contributed by atoms with E-state index < -0.39 is 5.97 Å². The zero-order valence-electron chi connectivity index (χ0n) is 8.27. The van der Waals surface area contributed by atoms with Crippen LogP contribution in [0.4, 0.5) is 0 Å². The third kappa shape index (κ3) is 1.52. The molecule has 16 heavy (non-hydrogen) atoms. The van der Waals surface area contributed by atoms with Crippen molar-refractivity contribution in [3.63, 3.8) is 0 Å². The minimum absolute atomic E-state index is 0.0110. The number of phenols is 1. The smallest absolute Gasteiger partial charge is 0.422 e. The molecular weight excluding hydrogens is 276 g/mol. The average Bonchev–Trinajstić information content (AvgIpc) is 2.22. The summed E-state index contributed by atoms with van der Waals surface area (Å²) in [4.78, 5) is 14.3. The number of benzene rings is 1. The van der Waals surface area contributed by atoms with E-state index in [0.717, 1.165) is 0 Å². The summed E-state index contributed by atoms with van der Waals surface area (Å²) < 4.78 is 5.42. The molecule has 1 unspecified atom stereocenters. The number of rotatable bonds is 0. The molecule has 1 aromatic rings. The number of phenolic OH excluding ortho intramolecular Hbond substituents is 1. The number of nitrogens with zero attached hydrogens (tertiary/aromatic N) is 2. The molecule has 0 aromatic heterocycles. The molecule has 6 heteroatoms. The van der Waals surface area contributed by atoms with E-state index in [0.29, 0.717) is 10.0 Å². The van der Waals surface area contributed by atoms with E-state index in [9.17, 15) is 9.90 Å². The van der Waals surface area contributed by atoms with Crippen molar-refractivity contribution in [2.24, 2.45) is 0 Å². The molecule has 0 spiro atoms. The third-order valence-corrected chi connectivity index (χ3v) is 3.11. The number of hydrogen-bond acceptors (Lipinski definition) is 3. The van der Waals surface area contributed by atoms with E-state index in [-0.39, 0.29) is 23.1 Å². The second kappa shape index (κ2) is 3.73. The summed E-state index contributed by atoms with van der Waals surface area (Å²) in [5.74, 6) is -0.809. The van der Waals surface area contributed by atoms with Gasteiger partial charge in [-0.3, -0.25) is 0 Å². The summed E-state index contributed by atoms with van der Waals surface area (Å²) in [5.41, 5.74) is 9.33. The van der Waals surface area contributed by atoms with Crippen molar-refractivity contribution in [3.05, 3.63) is 27.7 Å². The molecular formula is C10H7BrN2O3. The van der Waals surface area contributed by atoms with Gasteiger partial charge in [-0.2, -0.15) is 4.79 Å². The van der Waals surface area contributed by atoms with Crippen LogP contribution in [0.2, 0.25) is 0 Å². The molecule has 0 saturated heterocycles. The van der Waals surface area contributed by atoms with E-state index in [1.165, 1.54) is 6.07 Å². The molecule has 1 atom stereocenters. The Labute approximate surface area is 99.4 Å². The van der Waals surface area contributed by atoms with Gasteiger partial charge in [-0.05, 0) is 28.9 Å². The fourth-order valence-corrected chi connectivity index (χ4v) is 1.95. The Balaban J connectivity index is 2.64. The first-order valence-corrected chi connectivity index (χ1v) is 5.30. The molecule has 0 amide bonds. The van der Waals surface area contributed by atoms with E-state index in [1.54, 1.807) is 13.0 Å². The number of halogens is 1. The van der Waals surface area contributed by atoms with Crippen LogP contribution in [-0.4, -0.2) is 21.6 Å². The fourth-order valence-electron chi connectivity index (χ4n) is 1.59. The Morgan fingerprint density at radius 2 is 2.25 bits per heavy atom. The summed E-state index contributed by atoms with van der Waals surface area (Å²) in [6.07, 6.45) is 0. The van der Waals surface area contributed by atoms with Crippen molar-refractivity contribution < 1.29 is 19.4 Å². The van der Waals surface area contributed by atoms with Gasteiger partial charge in [0, 0.05) is 11.6 Å². The SMILES string of the molecule is CC1C(=[N+]=[N-])C(=O)Oc2cc(O)c(Br)cc21. The summed E-state index contributed by atoms with van der Waals surface area (Å²) in [5, 5.41) is 9.45. The van der Waals surface area contributed by atoms with Gasteiger partial charge in [0.1, 0.15) is 11.5 Å². The molecule has 0 saturated carbocycles. The Morgan fingerprint density at radius 1 is 1.56 bits per heavy atom. The molecule has 1 heterocycles. The van der Waals surface area contributed by atoms with Crippen molar-refractivity contribution in [2.45, 2.75) is 12.8 Å². The van der Waals surface area contributed by atoms with Crippen LogP contribution in [0.1, 0.15) is 18.4 Å². The highest BCUT2D eigenvalue weighted by Gasteiger charge is 2.38. The molecule has 0 fully saturated rings. The van der Waals surface area contributed by atoms with Gasteiger partial charge in [0.25, 0.3) is 0 Å². The van der Waals surface area contributed by atoms with Gasteiger partial charge in [-0.1, -0.05) is 0 Å². The highest BCUT2D eigenvalue weighted by Crippen LogP contribution is 2.38. The van der Waals surface area contributed by atoms with Crippen LogP contribution in [0, 0.1) is 0 Å². The predicted molar refractivity (Wildman–Crippen MR) is 58.5 cm³/mol. The lowest BCUT2D eigenvalue weighted by atomic mass is 9.93. The number of aromatic hydroxyl groups is 1. The zero-order chi connectivity index (χ0) is 11.9. The van der Waals surface area contributed by atoms with Gasteiger partial charge >= 0.3 is 11.7 Å². The van der Waals surface area contributed by atoms with E-state index in [1.807, 2.05) is 0 Å². The molecule has 0 aliphatic carbocycles. The maximum absolute atomic E-state index is 11.4. The lowest BCUT2D eigenvalue weighted by Crippen LogP contribution is -2.31. The van der Waals surface area contributed by atoms with E-state index in [4.69, 9.17) is 10.3 Å². The van der Waals surface area contributed by atoms with Crippen LogP contribution in [0.5, 0.6) is 11.5 Å². The Hall–Kier alpha value is -1.65. The highest BCUT2D eigenvalue weighted by molar-refractivity contribution is 9.10. The first-order chi connectivity index (χ1) is 7.54. The van der Waals surface area contributed by atoms with Crippen LogP contribution in [0.15, 0.2) is 16.6 Å². The maximum atomic E-state index is 11.4. The molecule has 82 valence electrons. The number of fused-ring (bicyclic) bond motifs is 1. The van der Waals surface area contributed by atoms with Crippen molar-refractivity contribution in [2.75, 3.05) is 0 Å². The molecule has 5 nitrogen and oxygen atoms in total. The van der Waals surface area contributed by atoms with Crippen molar-refractivity contribution in [1.82, 2.24) is 0 Å². The number of carbonyl (C=O) groups is 1. The second-order valence-electron chi connectivity index (χ2n) is 3.44. The standard InChI is InChI=1S/C10H7BrN2O3/c1-4-5-2-6(11)7(14)3-8(5)16-10(15)9(4)13-12/h2-4,14H,1H3. The Kier molecular flexibility index (Phi) is 2.53. The lowest BCUT2D eigenvalue weighted by Gasteiger charge is -2.18. The normalized spacial score (nSPS) is 18.8. The molecule has 1 aliphatic heterocycles. The Morgan fingerprint density at radius 3 is 2.88 bits per heavy atom. The Bertz CT molecular complexity index is 535. The maximum Gasteiger partial charge on any atom is 0.422 e. The molecule has 1 aromatic carbocycles. The topological polar surface area (TPSA) is 82.9 Å². The van der Waals surface area contributed by atoms with E-state index >= 15 is 0 Å². The second-order valence-corrected chi connectivity index (χ2v) is 4.29. The summed E-state index contributed by atoms with van der Waals surface area (Å²) in [7, 11) is 0. The molecule has 0 bridgehead atoms. The van der Waals surface area contributed by atoms with Gasteiger partial charge in [0.05, 0.1) is 10.4 Å². The highest BCUT2D eigenvalue weighted by atomic mass is 79.9. The van der Waals surface area contributed by atoms with Crippen molar-refractivity contribution >= 4 is 27.6 Å². The van der Waals surface area contributed by atoms with Gasteiger partial charge in [-0.15, -0.1) is 0 Å². The van der Waals surface area contributed by atoms with Gasteiger partial charge in [0.2, 0.25) is 0 Å². The van der Waals surface area contributed by atoms with Crippen LogP contribution in [-0.2, 0) is 4.79 Å². The minimum atomic E-state index is -0.704. The largest absolute Gasteiger partial charge is 0.507 e. The minimum Gasteiger partial charge on any atom is -0.507 e. The van der Waals surface area contributed by atoms with Crippen LogP contribution >= 0.6 is 15.9 Å². The third-order valence-electron chi connectivity index (χ3n) is 2.48. The number of ether oxygens (including phenoxy) is 1. The van der Waals surface area contributed by atoms with Crippen molar-refractivity contribution in [1.29, 1.82) is 0 Å². The molecule has 2 rings (SSSR count). The zero-order valence-corrected chi connectivity index (χ0v) is 9.85. The first-order valence-electron chi connectivity index (χ1n) is 4.51. The average molecular weight is 283 g/mol. The number of hydrogen-bond donors (Lipinski definition) is 1. The monoisotopic (exact) mass is 282 g/mol. The number of esters is 1. The first kappa shape index (κ1) is 10.9. The fraction of sp³-hybridized carbons (Fsp3) is 0.200. The predicted octanol–water partition coefficient (Wildman–Crippen LogP) is 1.85. The number of carbonyl (C=O) groups excluding carboxylic acids is 1. The van der Waals surface area contributed by atoms with E-state index in [2.05, 4.69) is 20.7 Å². The molecule has 1 aliphatic rings. The molecule has 0 radical (unpaired) electrons. The van der Waals surface area contributed by atoms with Gasteiger partial charge in [0.15, 0.2) is 0 Å². The van der Waals surface area contributed by atoms with Crippen LogP contribution in [0.25, 0.3) is 5.53 Å². The van der Waals surface area contributed by atoms with Crippen LogP contribution < -0.4 is 4.74 Å². The quantitative estimate of drug-likeness (QED) is 0.341. The lowest BCUT2D eigenvalue weighted by molar-refractivity contribution is -0.133. The van der Waals surface area contributed by atoms with Gasteiger partial charge < -0.3 is 15.4 Å². The molecule has 1 N–H and O–H groups in total. The summed E-state index contributed by atoms with van der Waals surface area (Å²) in [6, 6.07) is 2.98. The summed E-state index contributed by atoms with van der Waals surface area (Å²) >= 11 is 3.17. The van der Waals surface area contributed by atoms with Gasteiger partial charge in [-0.25, -0.2) is 4.79 Å². The van der Waals surface area contributed by atoms with Crippen LogP contribution in [0.3, 0.4) is 0 Å². The van der Waals surface area contributed by atoms with Crippen molar-refractivity contribution in [3.8, 4) is 11.5 Å².